The van der Waals surface area contributed by atoms with Gasteiger partial charge in [-0.2, -0.15) is 5.10 Å². The van der Waals surface area contributed by atoms with Crippen molar-refractivity contribution in [3.63, 3.8) is 0 Å². The molecule has 1 aromatic heterocycles. The number of nitro groups is 1. The second-order valence-electron chi connectivity index (χ2n) is 4.81. The van der Waals surface area contributed by atoms with E-state index in [4.69, 9.17) is 0 Å². The van der Waals surface area contributed by atoms with E-state index >= 15 is 0 Å². The fourth-order valence-corrected chi connectivity index (χ4v) is 2.63. The quantitative estimate of drug-likeness (QED) is 0.417. The molecule has 7 nitrogen and oxygen atoms in total. The molecule has 24 heavy (non-hydrogen) atoms. The van der Waals surface area contributed by atoms with Crippen LogP contribution in [-0.4, -0.2) is 21.2 Å². The lowest BCUT2D eigenvalue weighted by atomic mass is 10.1. The highest BCUT2D eigenvalue weighted by Gasteiger charge is 2.09. The molecule has 0 bridgehead atoms. The Morgan fingerprint density at radius 1 is 1.25 bits per heavy atom. The zero-order chi connectivity index (χ0) is 16.9. The first-order chi connectivity index (χ1) is 11.6. The van der Waals surface area contributed by atoms with Crippen molar-refractivity contribution < 1.29 is 10.0 Å². The molecule has 0 radical (unpaired) electrons. The van der Waals surface area contributed by atoms with Crippen molar-refractivity contribution in [1.29, 1.82) is 0 Å². The lowest BCUT2D eigenvalue weighted by Gasteiger charge is -1.97. The number of thiazole rings is 1. The van der Waals surface area contributed by atoms with E-state index in [2.05, 4.69) is 15.5 Å². The Balaban J connectivity index is 1.70. The normalized spacial score (nSPS) is 10.8. The van der Waals surface area contributed by atoms with Gasteiger partial charge >= 0.3 is 0 Å². The third kappa shape index (κ3) is 3.73. The summed E-state index contributed by atoms with van der Waals surface area (Å²) in [5.74, 6) is 0.196. The molecule has 0 aliphatic rings. The van der Waals surface area contributed by atoms with E-state index in [1.54, 1.807) is 48.0 Å². The number of rotatable bonds is 5. The number of hydrogen-bond acceptors (Lipinski definition) is 7. The number of phenols is 1. The van der Waals surface area contributed by atoms with Crippen LogP contribution in [0, 0.1) is 10.1 Å². The average molecular weight is 340 g/mol. The van der Waals surface area contributed by atoms with E-state index < -0.39 is 4.92 Å². The number of phenolic OH excluding ortho intramolecular Hbond substituents is 1. The van der Waals surface area contributed by atoms with Gasteiger partial charge in [-0.3, -0.25) is 15.5 Å². The number of aromatic nitrogens is 1. The molecule has 3 rings (SSSR count). The molecule has 0 atom stereocenters. The van der Waals surface area contributed by atoms with Crippen LogP contribution in [-0.2, 0) is 0 Å². The van der Waals surface area contributed by atoms with E-state index in [1.807, 2.05) is 0 Å². The molecule has 1 heterocycles. The highest BCUT2D eigenvalue weighted by Crippen LogP contribution is 2.27. The number of nitrogens with one attached hydrogen (secondary N) is 1. The maximum Gasteiger partial charge on any atom is 0.270 e. The number of non-ortho nitro benzene ring substituents is 1. The van der Waals surface area contributed by atoms with Gasteiger partial charge in [-0.1, -0.05) is 12.1 Å². The van der Waals surface area contributed by atoms with E-state index in [0.29, 0.717) is 16.4 Å². The first-order valence-electron chi connectivity index (χ1n) is 6.90. The van der Waals surface area contributed by atoms with Crippen molar-refractivity contribution >= 4 is 28.4 Å². The van der Waals surface area contributed by atoms with Gasteiger partial charge in [-0.15, -0.1) is 11.3 Å². The summed E-state index contributed by atoms with van der Waals surface area (Å²) in [6.45, 7) is 0. The van der Waals surface area contributed by atoms with Crippen molar-refractivity contribution in [2.45, 2.75) is 0 Å². The van der Waals surface area contributed by atoms with Crippen LogP contribution < -0.4 is 5.43 Å². The Morgan fingerprint density at radius 3 is 2.79 bits per heavy atom. The maximum absolute atomic E-state index is 10.8. The Bertz CT molecular complexity index is 890. The van der Waals surface area contributed by atoms with E-state index in [1.165, 1.54) is 23.5 Å². The van der Waals surface area contributed by atoms with Crippen LogP contribution in [0.2, 0.25) is 0 Å². The van der Waals surface area contributed by atoms with Crippen molar-refractivity contribution in [2.24, 2.45) is 5.10 Å². The summed E-state index contributed by atoms with van der Waals surface area (Å²) in [6, 6.07) is 12.9. The molecule has 0 saturated carbocycles. The van der Waals surface area contributed by atoms with Crippen molar-refractivity contribution in [3.8, 4) is 17.0 Å². The van der Waals surface area contributed by atoms with Crippen LogP contribution in [0.3, 0.4) is 0 Å². The van der Waals surface area contributed by atoms with Crippen LogP contribution in [0.5, 0.6) is 5.75 Å². The number of anilines is 1. The number of aromatic hydroxyl groups is 1. The van der Waals surface area contributed by atoms with Gasteiger partial charge in [0.1, 0.15) is 5.75 Å². The van der Waals surface area contributed by atoms with Gasteiger partial charge in [0.15, 0.2) is 0 Å². The van der Waals surface area contributed by atoms with Gasteiger partial charge in [0.25, 0.3) is 5.69 Å². The topological polar surface area (TPSA) is 101 Å². The predicted octanol–water partition coefficient (Wildman–Crippen LogP) is 3.87. The Hall–Kier alpha value is -3.26. The largest absolute Gasteiger partial charge is 0.508 e. The first kappa shape index (κ1) is 15.6. The minimum atomic E-state index is -0.434. The van der Waals surface area contributed by atoms with Crippen molar-refractivity contribution in [3.05, 3.63) is 69.6 Å². The Kier molecular flexibility index (Phi) is 4.48. The van der Waals surface area contributed by atoms with Gasteiger partial charge in [-0.05, 0) is 29.8 Å². The van der Waals surface area contributed by atoms with Crippen LogP contribution in [0.4, 0.5) is 10.8 Å². The van der Waals surface area contributed by atoms with E-state index in [-0.39, 0.29) is 11.4 Å². The zero-order valence-corrected chi connectivity index (χ0v) is 13.1. The van der Waals surface area contributed by atoms with Gasteiger partial charge < -0.3 is 5.11 Å². The van der Waals surface area contributed by atoms with Crippen LogP contribution in [0.1, 0.15) is 5.56 Å². The fraction of sp³-hybridized carbons (Fsp3) is 0. The molecule has 3 aromatic rings. The van der Waals surface area contributed by atoms with Crippen molar-refractivity contribution in [2.75, 3.05) is 5.43 Å². The molecule has 0 unspecified atom stereocenters. The molecular weight excluding hydrogens is 328 g/mol. The number of benzene rings is 2. The lowest BCUT2D eigenvalue weighted by Crippen LogP contribution is -1.90. The summed E-state index contributed by atoms with van der Waals surface area (Å²) >= 11 is 1.35. The zero-order valence-electron chi connectivity index (χ0n) is 12.3. The highest BCUT2D eigenvalue weighted by atomic mass is 32.1. The predicted molar refractivity (Wildman–Crippen MR) is 93.5 cm³/mol. The molecule has 2 aromatic carbocycles. The third-order valence-electron chi connectivity index (χ3n) is 3.12. The lowest BCUT2D eigenvalue weighted by molar-refractivity contribution is -0.384. The standard InChI is InChI=1S/C16H12N4O3S/c21-14-6-4-11(5-7-14)9-17-19-16-18-15(10-24-16)12-2-1-3-13(8-12)20(22)23/h1-10,21H,(H,18,19)/b17-9+. The van der Waals surface area contributed by atoms with Gasteiger partial charge in [-0.25, -0.2) is 4.98 Å². The van der Waals surface area contributed by atoms with Crippen molar-refractivity contribution in [1.82, 2.24) is 4.98 Å². The summed E-state index contributed by atoms with van der Waals surface area (Å²) in [5, 5.41) is 26.5. The average Bonchev–Trinajstić information content (AvgIpc) is 3.06. The Morgan fingerprint density at radius 2 is 2.04 bits per heavy atom. The SMILES string of the molecule is O=[N+]([O-])c1cccc(-c2csc(N/N=C/c3ccc(O)cc3)n2)c1. The minimum Gasteiger partial charge on any atom is -0.508 e. The maximum atomic E-state index is 10.8. The molecule has 0 amide bonds. The molecule has 8 heteroatoms. The molecule has 0 saturated heterocycles. The van der Waals surface area contributed by atoms with Gasteiger partial charge in [0, 0.05) is 23.1 Å². The minimum absolute atomic E-state index is 0.0281. The van der Waals surface area contributed by atoms with Crippen LogP contribution in [0.25, 0.3) is 11.3 Å². The smallest absolute Gasteiger partial charge is 0.270 e. The summed E-state index contributed by atoms with van der Waals surface area (Å²) in [6.07, 6.45) is 1.61. The molecular formula is C16H12N4O3S. The first-order valence-corrected chi connectivity index (χ1v) is 7.78. The second kappa shape index (κ2) is 6.88. The number of hydrogen-bond donors (Lipinski definition) is 2. The molecule has 2 N–H and O–H groups in total. The number of nitrogens with zero attached hydrogens (tertiary/aromatic N) is 3. The van der Waals surface area contributed by atoms with Crippen LogP contribution >= 0.6 is 11.3 Å². The summed E-state index contributed by atoms with van der Waals surface area (Å²) in [7, 11) is 0. The summed E-state index contributed by atoms with van der Waals surface area (Å²) < 4.78 is 0. The molecule has 120 valence electrons. The van der Waals surface area contributed by atoms with Gasteiger partial charge in [0.05, 0.1) is 16.8 Å². The molecule has 0 spiro atoms. The second-order valence-corrected chi connectivity index (χ2v) is 5.66. The molecule has 0 aliphatic carbocycles. The summed E-state index contributed by atoms with van der Waals surface area (Å²) in [4.78, 5) is 14.8. The highest BCUT2D eigenvalue weighted by molar-refractivity contribution is 7.14. The number of nitro benzene ring substituents is 1. The monoisotopic (exact) mass is 340 g/mol. The summed E-state index contributed by atoms with van der Waals surface area (Å²) in [5.41, 5.74) is 4.99. The van der Waals surface area contributed by atoms with Crippen LogP contribution in [0.15, 0.2) is 59.0 Å². The van der Waals surface area contributed by atoms with Gasteiger partial charge in [0.2, 0.25) is 5.13 Å². The third-order valence-corrected chi connectivity index (χ3v) is 3.87. The van der Waals surface area contributed by atoms with E-state index in [9.17, 15) is 15.2 Å². The molecule has 0 fully saturated rings. The molecule has 0 aliphatic heterocycles. The van der Waals surface area contributed by atoms with E-state index in [0.717, 1.165) is 5.56 Å². The fourth-order valence-electron chi connectivity index (χ4n) is 1.96. The number of hydrazone groups is 1. The Labute approximate surface area is 141 Å².